The van der Waals surface area contributed by atoms with Crippen LogP contribution in [0.5, 0.6) is 0 Å². The minimum absolute atomic E-state index is 0.112. The van der Waals surface area contributed by atoms with Gasteiger partial charge in [-0.3, -0.25) is 4.79 Å². The van der Waals surface area contributed by atoms with Gasteiger partial charge in [-0.2, -0.15) is 0 Å². The number of carbonyl (C=O) groups is 1. The smallest absolute Gasteiger partial charge is 0.225 e. The molecule has 0 aromatic heterocycles. The highest BCUT2D eigenvalue weighted by Crippen LogP contribution is 2.31. The molecule has 1 amide bonds. The van der Waals surface area contributed by atoms with Crippen molar-refractivity contribution < 1.29 is 9.53 Å². The summed E-state index contributed by atoms with van der Waals surface area (Å²) in [5.41, 5.74) is 6.07. The minimum Gasteiger partial charge on any atom is -0.376 e. The fourth-order valence-electron chi connectivity index (χ4n) is 3.77. The van der Waals surface area contributed by atoms with Crippen molar-refractivity contribution in [2.75, 3.05) is 19.7 Å². The number of hydrogen-bond acceptors (Lipinski definition) is 3. The van der Waals surface area contributed by atoms with Gasteiger partial charge in [0.15, 0.2) is 0 Å². The lowest BCUT2D eigenvalue weighted by atomic mass is 9.78. The highest BCUT2D eigenvalue weighted by molar-refractivity contribution is 5.79. The van der Waals surface area contributed by atoms with E-state index in [1.165, 1.54) is 6.42 Å². The van der Waals surface area contributed by atoms with Gasteiger partial charge in [-0.25, -0.2) is 0 Å². The van der Waals surface area contributed by atoms with Crippen LogP contribution in [-0.2, 0) is 9.53 Å². The van der Waals surface area contributed by atoms with Crippen LogP contribution >= 0.6 is 0 Å². The number of rotatable bonds is 5. The standard InChI is InChI=1S/C17H32N2O2/c1-3-10-21-16-8-5-9-19(12-16)17(20)13(2)14-6-4-7-15(18)11-14/h13-16H,3-12,18H2,1-2H3. The predicted molar refractivity (Wildman–Crippen MR) is 84.9 cm³/mol. The minimum atomic E-state index is 0.112. The number of hydrogen-bond donors (Lipinski definition) is 1. The number of piperidine rings is 1. The van der Waals surface area contributed by atoms with Crippen molar-refractivity contribution >= 4 is 5.91 Å². The molecule has 2 aliphatic rings. The summed E-state index contributed by atoms with van der Waals surface area (Å²) in [5.74, 6) is 0.901. The van der Waals surface area contributed by atoms with Crippen LogP contribution < -0.4 is 5.73 Å². The van der Waals surface area contributed by atoms with Crippen molar-refractivity contribution in [2.24, 2.45) is 17.6 Å². The third-order valence-corrected chi connectivity index (χ3v) is 5.10. The summed E-state index contributed by atoms with van der Waals surface area (Å²) < 4.78 is 5.84. The molecule has 4 heteroatoms. The first-order valence-corrected chi connectivity index (χ1v) is 8.77. The summed E-state index contributed by atoms with van der Waals surface area (Å²) in [6.45, 7) is 6.71. The van der Waals surface area contributed by atoms with Gasteiger partial charge in [0.05, 0.1) is 6.10 Å². The average molecular weight is 296 g/mol. The van der Waals surface area contributed by atoms with E-state index in [4.69, 9.17) is 10.5 Å². The van der Waals surface area contributed by atoms with Gasteiger partial charge in [-0.1, -0.05) is 20.3 Å². The number of carbonyl (C=O) groups excluding carboxylic acids is 1. The molecular formula is C17H32N2O2. The van der Waals surface area contributed by atoms with Crippen molar-refractivity contribution in [3.05, 3.63) is 0 Å². The SMILES string of the molecule is CCCOC1CCCN(C(=O)C(C)C2CCCC(N)C2)C1. The molecule has 4 nitrogen and oxygen atoms in total. The average Bonchev–Trinajstić information content (AvgIpc) is 2.51. The van der Waals surface area contributed by atoms with E-state index in [-0.39, 0.29) is 12.0 Å². The van der Waals surface area contributed by atoms with Gasteiger partial charge in [-0.15, -0.1) is 0 Å². The van der Waals surface area contributed by atoms with E-state index in [0.717, 1.165) is 58.2 Å². The van der Waals surface area contributed by atoms with Crippen molar-refractivity contribution in [1.29, 1.82) is 0 Å². The van der Waals surface area contributed by atoms with Crippen LogP contribution in [0.4, 0.5) is 0 Å². The number of nitrogens with zero attached hydrogens (tertiary/aromatic N) is 1. The largest absolute Gasteiger partial charge is 0.376 e. The molecule has 0 aromatic carbocycles. The number of amides is 1. The van der Waals surface area contributed by atoms with Crippen molar-refractivity contribution in [3.63, 3.8) is 0 Å². The van der Waals surface area contributed by atoms with Gasteiger partial charge in [0.25, 0.3) is 0 Å². The molecule has 122 valence electrons. The molecule has 1 saturated carbocycles. The van der Waals surface area contributed by atoms with Gasteiger partial charge in [0, 0.05) is 31.7 Å². The zero-order chi connectivity index (χ0) is 15.2. The van der Waals surface area contributed by atoms with Crippen LogP contribution in [0.15, 0.2) is 0 Å². The molecular weight excluding hydrogens is 264 g/mol. The molecule has 1 heterocycles. The van der Waals surface area contributed by atoms with Crippen LogP contribution in [0.1, 0.15) is 58.8 Å². The Morgan fingerprint density at radius 1 is 1.33 bits per heavy atom. The number of likely N-dealkylation sites (tertiary alicyclic amines) is 1. The van der Waals surface area contributed by atoms with Crippen molar-refractivity contribution in [2.45, 2.75) is 70.9 Å². The molecule has 0 radical (unpaired) electrons. The molecule has 0 spiro atoms. The van der Waals surface area contributed by atoms with E-state index in [1.807, 2.05) is 4.90 Å². The molecule has 1 saturated heterocycles. The third-order valence-electron chi connectivity index (χ3n) is 5.10. The van der Waals surface area contributed by atoms with Crippen LogP contribution in [0.3, 0.4) is 0 Å². The van der Waals surface area contributed by atoms with Gasteiger partial charge < -0.3 is 15.4 Å². The van der Waals surface area contributed by atoms with Gasteiger partial charge >= 0.3 is 0 Å². The van der Waals surface area contributed by atoms with Gasteiger partial charge in [0.1, 0.15) is 0 Å². The quantitative estimate of drug-likeness (QED) is 0.848. The first kappa shape index (κ1) is 16.8. The molecule has 21 heavy (non-hydrogen) atoms. The molecule has 1 aliphatic heterocycles. The molecule has 0 bridgehead atoms. The highest BCUT2D eigenvalue weighted by atomic mass is 16.5. The molecule has 0 aromatic rings. The molecule has 1 aliphatic carbocycles. The molecule has 4 atom stereocenters. The monoisotopic (exact) mass is 296 g/mol. The van der Waals surface area contributed by atoms with Gasteiger partial charge in [-0.05, 0) is 44.4 Å². The first-order chi connectivity index (χ1) is 10.1. The molecule has 2 fully saturated rings. The molecule has 4 unspecified atom stereocenters. The Bertz CT molecular complexity index is 335. The second-order valence-corrected chi connectivity index (χ2v) is 6.89. The van der Waals surface area contributed by atoms with E-state index in [0.29, 0.717) is 17.9 Å². The lowest BCUT2D eigenvalue weighted by molar-refractivity contribution is -0.141. The lowest BCUT2D eigenvalue weighted by Crippen LogP contribution is -2.47. The summed E-state index contributed by atoms with van der Waals surface area (Å²) >= 11 is 0. The maximum atomic E-state index is 12.8. The Kier molecular flexibility index (Phi) is 6.49. The van der Waals surface area contributed by atoms with Gasteiger partial charge in [0.2, 0.25) is 5.91 Å². The van der Waals surface area contributed by atoms with Crippen LogP contribution in [0, 0.1) is 11.8 Å². The van der Waals surface area contributed by atoms with E-state index in [1.54, 1.807) is 0 Å². The Morgan fingerprint density at radius 2 is 2.14 bits per heavy atom. The molecule has 2 N–H and O–H groups in total. The summed E-state index contributed by atoms with van der Waals surface area (Å²) in [7, 11) is 0. The van der Waals surface area contributed by atoms with Crippen LogP contribution in [-0.4, -0.2) is 42.6 Å². The fraction of sp³-hybridized carbons (Fsp3) is 0.941. The fourth-order valence-corrected chi connectivity index (χ4v) is 3.77. The predicted octanol–water partition coefficient (Wildman–Crippen LogP) is 2.56. The number of nitrogens with two attached hydrogens (primary N) is 1. The van der Waals surface area contributed by atoms with E-state index in [2.05, 4.69) is 13.8 Å². The van der Waals surface area contributed by atoms with Crippen molar-refractivity contribution in [1.82, 2.24) is 4.90 Å². The highest BCUT2D eigenvalue weighted by Gasteiger charge is 2.33. The Labute approximate surface area is 129 Å². The Hall–Kier alpha value is -0.610. The Balaban J connectivity index is 1.86. The van der Waals surface area contributed by atoms with E-state index >= 15 is 0 Å². The second-order valence-electron chi connectivity index (χ2n) is 6.89. The third kappa shape index (κ3) is 4.68. The van der Waals surface area contributed by atoms with E-state index < -0.39 is 0 Å². The maximum absolute atomic E-state index is 12.8. The summed E-state index contributed by atoms with van der Waals surface area (Å²) in [5, 5.41) is 0. The summed E-state index contributed by atoms with van der Waals surface area (Å²) in [4.78, 5) is 14.8. The van der Waals surface area contributed by atoms with Crippen LogP contribution in [0.25, 0.3) is 0 Å². The lowest BCUT2D eigenvalue weighted by Gasteiger charge is -2.37. The number of ether oxygens (including phenoxy) is 1. The topological polar surface area (TPSA) is 55.6 Å². The van der Waals surface area contributed by atoms with Crippen molar-refractivity contribution in [3.8, 4) is 0 Å². The summed E-state index contributed by atoms with van der Waals surface area (Å²) in [6.07, 6.45) is 7.90. The second kappa shape index (κ2) is 8.14. The zero-order valence-corrected chi connectivity index (χ0v) is 13.7. The Morgan fingerprint density at radius 3 is 2.86 bits per heavy atom. The first-order valence-electron chi connectivity index (χ1n) is 8.77. The maximum Gasteiger partial charge on any atom is 0.225 e. The van der Waals surface area contributed by atoms with Crippen LogP contribution in [0.2, 0.25) is 0 Å². The normalized spacial score (nSPS) is 32.0. The zero-order valence-electron chi connectivity index (χ0n) is 13.7. The molecule has 2 rings (SSSR count). The van der Waals surface area contributed by atoms with E-state index in [9.17, 15) is 4.79 Å². The summed E-state index contributed by atoms with van der Waals surface area (Å²) in [6, 6.07) is 0.293.